The Hall–Kier alpha value is -1.36. The van der Waals surface area contributed by atoms with Crippen LogP contribution in [0.2, 0.25) is 0 Å². The van der Waals surface area contributed by atoms with Crippen molar-refractivity contribution >= 4 is 11.9 Å². The number of rotatable bonds is 51. The van der Waals surface area contributed by atoms with Crippen molar-refractivity contribution in [1.82, 2.24) is 0 Å². The topological polar surface area (TPSA) is 52.6 Å². The maximum atomic E-state index is 13.7. The first-order chi connectivity index (χ1) is 30.9. The van der Waals surface area contributed by atoms with Gasteiger partial charge in [0.25, 0.3) is 0 Å². The fraction of sp³-hybridized carbons (Fsp3) is 0.931. The van der Waals surface area contributed by atoms with E-state index in [1.54, 1.807) is 0 Å². The number of esters is 2. The number of hydrogen-bond donors (Lipinski definition) is 0. The van der Waals surface area contributed by atoms with Gasteiger partial charge in [-0.15, -0.1) is 0 Å². The van der Waals surface area contributed by atoms with Gasteiger partial charge in [-0.05, 0) is 78.6 Å². The normalized spacial score (nSPS) is 12.5. The highest BCUT2D eigenvalue weighted by molar-refractivity contribution is 5.76. The molecular weight excluding hydrogens is 775 g/mol. The highest BCUT2D eigenvalue weighted by Crippen LogP contribution is 2.23. The summed E-state index contributed by atoms with van der Waals surface area (Å²) in [7, 11) is 0. The Labute approximate surface area is 395 Å². The van der Waals surface area contributed by atoms with Gasteiger partial charge in [0.05, 0.1) is 32.7 Å². The van der Waals surface area contributed by atoms with Crippen molar-refractivity contribution in [2.24, 2.45) is 0 Å². The lowest BCUT2D eigenvalue weighted by molar-refractivity contribution is -0.939. The second kappa shape index (κ2) is 48.6. The average Bonchev–Trinajstić information content (AvgIpc) is 3.29. The quantitative estimate of drug-likeness (QED) is 0.0264. The van der Waals surface area contributed by atoms with E-state index in [0.29, 0.717) is 23.9 Å². The van der Waals surface area contributed by atoms with E-state index in [-0.39, 0.29) is 24.1 Å². The molecule has 0 heterocycles. The molecule has 0 rings (SSSR count). The lowest BCUT2D eigenvalue weighted by Crippen LogP contribution is -2.59. The van der Waals surface area contributed by atoms with Crippen LogP contribution in [-0.2, 0) is 19.1 Å². The average molecular weight is 890 g/mol. The third kappa shape index (κ3) is 38.5. The number of hydrogen-bond acceptors (Lipinski definition) is 4. The monoisotopic (exact) mass is 889 g/mol. The molecule has 0 spiro atoms. The Balaban J connectivity index is 4.82. The summed E-state index contributed by atoms with van der Waals surface area (Å²) in [5.41, 5.74) is 0. The number of likely N-dealkylation sites (N-methyl/N-ethyl adjacent to an activating group) is 1. The van der Waals surface area contributed by atoms with Gasteiger partial charge in [-0.1, -0.05) is 232 Å². The molecule has 374 valence electrons. The van der Waals surface area contributed by atoms with Crippen LogP contribution in [0.3, 0.4) is 0 Å². The van der Waals surface area contributed by atoms with E-state index in [4.69, 9.17) is 9.47 Å². The summed E-state index contributed by atoms with van der Waals surface area (Å²) in [5, 5.41) is 0. The van der Waals surface area contributed by atoms with Crippen LogP contribution < -0.4 is 0 Å². The fourth-order valence-electron chi connectivity index (χ4n) is 9.75. The summed E-state index contributed by atoms with van der Waals surface area (Å²) in [6, 6.07) is -0.321. The molecule has 0 aliphatic heterocycles. The largest absolute Gasteiger partial charge is 0.462 e. The molecule has 0 amide bonds. The van der Waals surface area contributed by atoms with Crippen LogP contribution in [0.15, 0.2) is 12.2 Å². The first-order valence-electron chi connectivity index (χ1n) is 28.8. The molecule has 0 aliphatic carbocycles. The maximum absolute atomic E-state index is 13.7. The predicted molar refractivity (Wildman–Crippen MR) is 277 cm³/mol. The number of unbranched alkanes of at least 4 members (excludes halogenated alkanes) is 34. The van der Waals surface area contributed by atoms with E-state index in [9.17, 15) is 9.59 Å². The van der Waals surface area contributed by atoms with Crippen molar-refractivity contribution in [2.75, 3.05) is 26.2 Å². The SMILES string of the molecule is CCCCCCCC/C=C\CCCCCCCCOC(=O)[C@H](CCC(=O)OC(CCCCCCCCCCCCCC)CCCCCCCCCCCCCC)[N+](CC)(CC)CC. The highest BCUT2D eigenvalue weighted by atomic mass is 16.5. The molecule has 0 N–H and O–H groups in total. The van der Waals surface area contributed by atoms with Crippen molar-refractivity contribution in [1.29, 1.82) is 0 Å². The van der Waals surface area contributed by atoms with Gasteiger partial charge in [0.2, 0.25) is 0 Å². The van der Waals surface area contributed by atoms with E-state index in [1.165, 1.54) is 218 Å². The molecule has 0 bridgehead atoms. The standard InChI is InChI=1S/C58H114NO4/c1-7-13-16-19-22-25-28-31-32-33-34-37-40-43-46-49-54-62-58(61)56(59(10-4,11-5)12-6)52-53-57(60)63-55(50-47-44-41-38-35-29-26-23-20-17-14-8-2)51-48-45-42-39-36-30-27-24-21-18-15-9-3/h31-32,55-56H,7-30,33-54H2,1-6H3/q+1/b32-31-/t56-/m0/s1. The zero-order valence-corrected chi connectivity index (χ0v) is 43.9. The first kappa shape index (κ1) is 61.6. The van der Waals surface area contributed by atoms with Gasteiger partial charge in [0.1, 0.15) is 6.10 Å². The van der Waals surface area contributed by atoms with Crippen LogP contribution >= 0.6 is 0 Å². The minimum absolute atomic E-state index is 0.00304. The van der Waals surface area contributed by atoms with E-state index < -0.39 is 0 Å². The van der Waals surface area contributed by atoms with Crippen LogP contribution in [0.25, 0.3) is 0 Å². The summed E-state index contributed by atoms with van der Waals surface area (Å²) in [6.45, 7) is 16.4. The number of quaternary nitrogens is 1. The molecule has 0 radical (unpaired) electrons. The van der Waals surface area contributed by atoms with Crippen molar-refractivity contribution in [2.45, 2.75) is 323 Å². The maximum Gasteiger partial charge on any atom is 0.364 e. The summed E-state index contributed by atoms with van der Waals surface area (Å²) < 4.78 is 12.9. The third-order valence-electron chi connectivity index (χ3n) is 14.4. The van der Waals surface area contributed by atoms with Crippen LogP contribution in [0.1, 0.15) is 311 Å². The van der Waals surface area contributed by atoms with Crippen LogP contribution in [0.4, 0.5) is 0 Å². The summed E-state index contributed by atoms with van der Waals surface area (Å²) in [4.78, 5) is 27.3. The Kier molecular flexibility index (Phi) is 47.5. The van der Waals surface area contributed by atoms with Gasteiger partial charge >= 0.3 is 11.9 Å². The van der Waals surface area contributed by atoms with Crippen molar-refractivity contribution in [3.05, 3.63) is 12.2 Å². The number of carbonyl (C=O) groups is 2. The number of carbonyl (C=O) groups excluding carboxylic acids is 2. The van der Waals surface area contributed by atoms with Gasteiger partial charge in [0, 0.05) is 6.42 Å². The lowest BCUT2D eigenvalue weighted by atomic mass is 10.0. The van der Waals surface area contributed by atoms with Crippen LogP contribution in [-0.4, -0.2) is 54.8 Å². The molecule has 0 aliphatic rings. The molecule has 0 aromatic rings. The molecule has 0 fully saturated rings. The molecule has 0 saturated heterocycles. The fourth-order valence-corrected chi connectivity index (χ4v) is 9.75. The number of ether oxygens (including phenoxy) is 2. The van der Waals surface area contributed by atoms with Crippen molar-refractivity contribution < 1.29 is 23.5 Å². The smallest absolute Gasteiger partial charge is 0.364 e. The zero-order valence-electron chi connectivity index (χ0n) is 43.9. The van der Waals surface area contributed by atoms with Gasteiger partial charge in [-0.3, -0.25) is 4.79 Å². The molecule has 0 saturated carbocycles. The summed E-state index contributed by atoms with van der Waals surface area (Å²) in [5.74, 6) is -0.240. The molecule has 5 nitrogen and oxygen atoms in total. The van der Waals surface area contributed by atoms with Crippen molar-refractivity contribution in [3.63, 3.8) is 0 Å². The van der Waals surface area contributed by atoms with Gasteiger partial charge < -0.3 is 14.0 Å². The number of allylic oxidation sites excluding steroid dienone is 2. The third-order valence-corrected chi connectivity index (χ3v) is 14.4. The highest BCUT2D eigenvalue weighted by Gasteiger charge is 2.40. The molecule has 0 aromatic heterocycles. The van der Waals surface area contributed by atoms with E-state index in [1.807, 2.05) is 0 Å². The minimum Gasteiger partial charge on any atom is -0.462 e. The Morgan fingerprint density at radius 3 is 1.06 bits per heavy atom. The van der Waals surface area contributed by atoms with Gasteiger partial charge in [-0.2, -0.15) is 0 Å². The molecule has 5 heteroatoms. The van der Waals surface area contributed by atoms with E-state index in [2.05, 4.69) is 53.7 Å². The minimum atomic E-state index is -0.321. The van der Waals surface area contributed by atoms with E-state index >= 15 is 0 Å². The zero-order chi connectivity index (χ0) is 46.2. The number of nitrogens with zero attached hydrogens (tertiary/aromatic N) is 1. The Morgan fingerprint density at radius 2 is 0.714 bits per heavy atom. The van der Waals surface area contributed by atoms with E-state index in [0.717, 1.165) is 58.2 Å². The second-order valence-corrected chi connectivity index (χ2v) is 19.8. The second-order valence-electron chi connectivity index (χ2n) is 19.8. The molecular formula is C58H114NO4+. The molecule has 63 heavy (non-hydrogen) atoms. The van der Waals surface area contributed by atoms with Gasteiger partial charge in [0.15, 0.2) is 6.04 Å². The molecule has 1 atom stereocenters. The van der Waals surface area contributed by atoms with Gasteiger partial charge in [-0.25, -0.2) is 4.79 Å². The summed E-state index contributed by atoms with van der Waals surface area (Å²) >= 11 is 0. The Morgan fingerprint density at radius 1 is 0.397 bits per heavy atom. The lowest BCUT2D eigenvalue weighted by Gasteiger charge is -2.41. The summed E-state index contributed by atoms with van der Waals surface area (Å²) in [6.07, 6.45) is 57.4. The van der Waals surface area contributed by atoms with Crippen LogP contribution in [0, 0.1) is 0 Å². The predicted octanol–water partition coefficient (Wildman–Crippen LogP) is 18.7. The first-order valence-corrected chi connectivity index (χ1v) is 28.8. The Bertz CT molecular complexity index is 940. The molecule has 0 unspecified atom stereocenters. The van der Waals surface area contributed by atoms with Crippen LogP contribution in [0.5, 0.6) is 0 Å². The molecule has 0 aromatic carbocycles. The van der Waals surface area contributed by atoms with Crippen molar-refractivity contribution in [3.8, 4) is 0 Å².